The normalized spacial score (nSPS) is 25.9. The second-order valence-corrected chi connectivity index (χ2v) is 4.68. The summed E-state index contributed by atoms with van der Waals surface area (Å²) >= 11 is 0. The zero-order valence-corrected chi connectivity index (χ0v) is 9.69. The molecule has 1 unspecified atom stereocenters. The minimum Gasteiger partial charge on any atom is -0.340 e. The molecule has 0 spiro atoms. The van der Waals surface area contributed by atoms with Crippen LogP contribution in [-0.4, -0.2) is 47.9 Å². The van der Waals surface area contributed by atoms with E-state index in [2.05, 4.69) is 4.90 Å². The van der Waals surface area contributed by atoms with Crippen molar-refractivity contribution < 1.29 is 4.79 Å². The van der Waals surface area contributed by atoms with Crippen LogP contribution in [0, 0.1) is 11.3 Å². The summed E-state index contributed by atoms with van der Waals surface area (Å²) in [4.78, 5) is 16.2. The number of carbonyl (C=O) groups excluding carboxylic acids is 1. The van der Waals surface area contributed by atoms with E-state index in [4.69, 9.17) is 5.26 Å². The maximum Gasteiger partial charge on any atom is 0.223 e. The summed E-state index contributed by atoms with van der Waals surface area (Å²) in [7, 11) is 0. The highest BCUT2D eigenvalue weighted by molar-refractivity contribution is 5.76. The molecule has 0 saturated carbocycles. The third kappa shape index (κ3) is 2.53. The SMILES string of the molecule is N#CCCC(=O)N1CCN2CCCCC2C1. The molecule has 0 bridgehead atoms. The monoisotopic (exact) mass is 221 g/mol. The summed E-state index contributed by atoms with van der Waals surface area (Å²) in [6, 6.07) is 2.61. The molecule has 2 aliphatic heterocycles. The highest BCUT2D eigenvalue weighted by Crippen LogP contribution is 2.21. The van der Waals surface area contributed by atoms with Crippen LogP contribution in [0.2, 0.25) is 0 Å². The first kappa shape index (κ1) is 11.4. The van der Waals surface area contributed by atoms with Crippen molar-refractivity contribution in [3.05, 3.63) is 0 Å². The highest BCUT2D eigenvalue weighted by atomic mass is 16.2. The van der Waals surface area contributed by atoms with Gasteiger partial charge in [-0.1, -0.05) is 6.42 Å². The molecule has 0 aromatic heterocycles. The molecule has 1 atom stereocenters. The molecule has 4 nitrogen and oxygen atoms in total. The minimum absolute atomic E-state index is 0.159. The topological polar surface area (TPSA) is 47.3 Å². The summed E-state index contributed by atoms with van der Waals surface area (Å²) in [6.07, 6.45) is 4.56. The molecule has 0 aromatic rings. The fourth-order valence-electron chi connectivity index (χ4n) is 2.70. The van der Waals surface area contributed by atoms with Gasteiger partial charge in [0, 0.05) is 38.5 Å². The number of piperidine rings is 1. The Bertz CT molecular complexity index is 297. The number of fused-ring (bicyclic) bond motifs is 1. The van der Waals surface area contributed by atoms with Gasteiger partial charge in [-0.2, -0.15) is 5.26 Å². The van der Waals surface area contributed by atoms with Gasteiger partial charge in [0.15, 0.2) is 0 Å². The molecule has 2 rings (SSSR count). The van der Waals surface area contributed by atoms with Crippen LogP contribution in [0.15, 0.2) is 0 Å². The fourth-order valence-corrected chi connectivity index (χ4v) is 2.70. The van der Waals surface area contributed by atoms with E-state index in [0.717, 1.165) is 19.6 Å². The maximum absolute atomic E-state index is 11.8. The van der Waals surface area contributed by atoms with E-state index in [1.54, 1.807) is 0 Å². The number of amides is 1. The van der Waals surface area contributed by atoms with Crippen molar-refractivity contribution in [1.29, 1.82) is 5.26 Å². The van der Waals surface area contributed by atoms with Crippen LogP contribution in [0.3, 0.4) is 0 Å². The van der Waals surface area contributed by atoms with Crippen molar-refractivity contribution in [1.82, 2.24) is 9.80 Å². The zero-order valence-electron chi connectivity index (χ0n) is 9.69. The summed E-state index contributed by atoms with van der Waals surface area (Å²) in [6.45, 7) is 3.94. The molecule has 88 valence electrons. The van der Waals surface area contributed by atoms with E-state index in [0.29, 0.717) is 18.9 Å². The van der Waals surface area contributed by atoms with Gasteiger partial charge in [-0.05, 0) is 19.4 Å². The van der Waals surface area contributed by atoms with E-state index in [9.17, 15) is 4.79 Å². The van der Waals surface area contributed by atoms with Crippen LogP contribution in [0.1, 0.15) is 32.1 Å². The summed E-state index contributed by atoms with van der Waals surface area (Å²) < 4.78 is 0. The van der Waals surface area contributed by atoms with Crippen molar-refractivity contribution in [2.75, 3.05) is 26.2 Å². The Kier molecular flexibility index (Phi) is 3.79. The Labute approximate surface area is 96.8 Å². The van der Waals surface area contributed by atoms with Crippen molar-refractivity contribution >= 4 is 5.91 Å². The van der Waals surface area contributed by atoms with E-state index < -0.39 is 0 Å². The largest absolute Gasteiger partial charge is 0.340 e. The Balaban J connectivity index is 1.85. The Morgan fingerprint density at radius 1 is 1.31 bits per heavy atom. The third-order valence-electron chi connectivity index (χ3n) is 3.64. The molecule has 2 saturated heterocycles. The molecule has 2 heterocycles. The number of piperazine rings is 1. The van der Waals surface area contributed by atoms with Crippen molar-refractivity contribution in [3.8, 4) is 6.07 Å². The van der Waals surface area contributed by atoms with Gasteiger partial charge in [0.1, 0.15) is 0 Å². The zero-order chi connectivity index (χ0) is 11.4. The second kappa shape index (κ2) is 5.31. The Hall–Kier alpha value is -1.08. The van der Waals surface area contributed by atoms with Crippen molar-refractivity contribution in [2.24, 2.45) is 0 Å². The number of hydrogen-bond donors (Lipinski definition) is 0. The third-order valence-corrected chi connectivity index (χ3v) is 3.64. The van der Waals surface area contributed by atoms with Gasteiger partial charge < -0.3 is 4.90 Å². The van der Waals surface area contributed by atoms with Crippen LogP contribution < -0.4 is 0 Å². The first-order valence-electron chi connectivity index (χ1n) is 6.20. The van der Waals surface area contributed by atoms with Gasteiger partial charge in [0.05, 0.1) is 6.07 Å². The molecular weight excluding hydrogens is 202 g/mol. The Morgan fingerprint density at radius 2 is 2.19 bits per heavy atom. The highest BCUT2D eigenvalue weighted by Gasteiger charge is 2.30. The number of rotatable bonds is 2. The van der Waals surface area contributed by atoms with Crippen LogP contribution in [0.4, 0.5) is 0 Å². The average molecular weight is 221 g/mol. The lowest BCUT2D eigenvalue weighted by Gasteiger charge is -2.44. The van der Waals surface area contributed by atoms with Crippen LogP contribution in [0.5, 0.6) is 0 Å². The molecule has 4 heteroatoms. The fraction of sp³-hybridized carbons (Fsp3) is 0.833. The lowest BCUT2D eigenvalue weighted by Crippen LogP contribution is -2.56. The van der Waals surface area contributed by atoms with E-state index in [-0.39, 0.29) is 5.91 Å². The summed E-state index contributed by atoms with van der Waals surface area (Å²) in [5, 5.41) is 8.47. The van der Waals surface area contributed by atoms with E-state index >= 15 is 0 Å². The van der Waals surface area contributed by atoms with E-state index in [1.165, 1.54) is 25.8 Å². The van der Waals surface area contributed by atoms with Crippen LogP contribution >= 0.6 is 0 Å². The standard InChI is InChI=1S/C12H19N3O/c13-6-3-5-12(16)15-9-8-14-7-2-1-4-11(14)10-15/h11H,1-5,7-10H2. The molecular formula is C12H19N3O. The second-order valence-electron chi connectivity index (χ2n) is 4.68. The molecule has 0 radical (unpaired) electrons. The molecule has 1 amide bonds. The van der Waals surface area contributed by atoms with Crippen molar-refractivity contribution in [2.45, 2.75) is 38.1 Å². The van der Waals surface area contributed by atoms with Gasteiger partial charge in [-0.25, -0.2) is 0 Å². The number of carbonyl (C=O) groups is 1. The minimum atomic E-state index is 0.159. The Morgan fingerprint density at radius 3 is 3.00 bits per heavy atom. The first-order valence-corrected chi connectivity index (χ1v) is 6.20. The molecule has 2 aliphatic rings. The number of hydrogen-bond acceptors (Lipinski definition) is 3. The van der Waals surface area contributed by atoms with E-state index in [1.807, 2.05) is 11.0 Å². The van der Waals surface area contributed by atoms with Gasteiger partial charge in [-0.3, -0.25) is 9.69 Å². The average Bonchev–Trinajstić information content (AvgIpc) is 2.35. The molecule has 2 fully saturated rings. The predicted octanol–water partition coefficient (Wildman–Crippen LogP) is 0.987. The first-order chi connectivity index (χ1) is 7.81. The lowest BCUT2D eigenvalue weighted by molar-refractivity contribution is -0.134. The van der Waals surface area contributed by atoms with Crippen LogP contribution in [0.25, 0.3) is 0 Å². The lowest BCUT2D eigenvalue weighted by atomic mass is 9.99. The molecule has 16 heavy (non-hydrogen) atoms. The molecule has 0 N–H and O–H groups in total. The molecule has 0 aromatic carbocycles. The predicted molar refractivity (Wildman–Crippen MR) is 60.6 cm³/mol. The van der Waals surface area contributed by atoms with Gasteiger partial charge in [-0.15, -0.1) is 0 Å². The maximum atomic E-state index is 11.8. The van der Waals surface area contributed by atoms with Gasteiger partial charge in [0.25, 0.3) is 0 Å². The van der Waals surface area contributed by atoms with Gasteiger partial charge in [0.2, 0.25) is 5.91 Å². The van der Waals surface area contributed by atoms with Crippen molar-refractivity contribution in [3.63, 3.8) is 0 Å². The van der Waals surface area contributed by atoms with Crippen LogP contribution in [-0.2, 0) is 4.79 Å². The van der Waals surface area contributed by atoms with Gasteiger partial charge >= 0.3 is 0 Å². The quantitative estimate of drug-likeness (QED) is 0.698. The smallest absolute Gasteiger partial charge is 0.223 e. The number of nitrogens with zero attached hydrogens (tertiary/aromatic N) is 3. The number of nitriles is 1. The summed E-state index contributed by atoms with van der Waals surface area (Å²) in [5.74, 6) is 0.159. The summed E-state index contributed by atoms with van der Waals surface area (Å²) in [5.41, 5.74) is 0. The molecule has 0 aliphatic carbocycles.